The topological polar surface area (TPSA) is 52.0 Å². The number of hydrogen-bond acceptors (Lipinski definition) is 3. The van der Waals surface area contributed by atoms with E-state index in [1.54, 1.807) is 0 Å². The summed E-state index contributed by atoms with van der Waals surface area (Å²) in [6, 6.07) is 0. The molecule has 0 unspecified atom stereocenters. The molecule has 1 aromatic rings. The Morgan fingerprint density at radius 3 is 2.64 bits per heavy atom. The zero-order valence-electron chi connectivity index (χ0n) is 6.60. The Labute approximate surface area is 64.4 Å². The van der Waals surface area contributed by atoms with E-state index in [2.05, 4.69) is 4.98 Å². The number of halogens is 1. The van der Waals surface area contributed by atoms with Crippen LogP contribution in [0.2, 0.25) is 0 Å². The van der Waals surface area contributed by atoms with Crippen LogP contribution in [0.4, 0.5) is 4.39 Å². The van der Waals surface area contributed by atoms with Gasteiger partial charge in [-0.3, -0.25) is 0 Å². The maximum absolute atomic E-state index is 13.1. The summed E-state index contributed by atoms with van der Waals surface area (Å²) in [5.74, 6) is 0.0814. The van der Waals surface area contributed by atoms with Crippen molar-refractivity contribution in [1.29, 1.82) is 0 Å². The predicted octanol–water partition coefficient (Wildman–Crippen LogP) is 1.34. The van der Waals surface area contributed by atoms with Crippen molar-refractivity contribution in [2.45, 2.75) is 26.1 Å². The number of hydrogen-bond donors (Lipinski definition) is 1. The van der Waals surface area contributed by atoms with E-state index in [-0.39, 0.29) is 12.4 Å². The SMILES string of the molecule is CC(C)(F)c1nc(CN)co1. The summed E-state index contributed by atoms with van der Waals surface area (Å²) in [5.41, 5.74) is 4.32. The fraction of sp³-hybridized carbons (Fsp3) is 0.571. The van der Waals surface area contributed by atoms with Gasteiger partial charge in [0.25, 0.3) is 0 Å². The van der Waals surface area contributed by atoms with Gasteiger partial charge in [-0.05, 0) is 13.8 Å². The van der Waals surface area contributed by atoms with Gasteiger partial charge in [0.1, 0.15) is 6.26 Å². The summed E-state index contributed by atoms with van der Waals surface area (Å²) in [4.78, 5) is 3.83. The first-order valence-corrected chi connectivity index (χ1v) is 3.38. The van der Waals surface area contributed by atoms with Crippen LogP contribution in [0.3, 0.4) is 0 Å². The van der Waals surface area contributed by atoms with Crippen LogP contribution in [0.25, 0.3) is 0 Å². The lowest BCUT2D eigenvalue weighted by Gasteiger charge is -2.06. The fourth-order valence-electron chi connectivity index (χ4n) is 0.674. The standard InChI is InChI=1S/C7H11FN2O/c1-7(2,8)6-10-5(3-9)4-11-6/h4H,3,9H2,1-2H3. The van der Waals surface area contributed by atoms with Gasteiger partial charge in [-0.25, -0.2) is 9.37 Å². The van der Waals surface area contributed by atoms with Crippen LogP contribution < -0.4 is 5.73 Å². The molecule has 0 saturated carbocycles. The molecule has 3 nitrogen and oxygen atoms in total. The van der Waals surface area contributed by atoms with Crippen LogP contribution in [-0.4, -0.2) is 4.98 Å². The van der Waals surface area contributed by atoms with Gasteiger partial charge in [0.15, 0.2) is 5.67 Å². The van der Waals surface area contributed by atoms with Crippen molar-refractivity contribution in [2.24, 2.45) is 5.73 Å². The van der Waals surface area contributed by atoms with Crippen LogP contribution in [0.1, 0.15) is 25.4 Å². The highest BCUT2D eigenvalue weighted by Crippen LogP contribution is 2.22. The number of aromatic nitrogens is 1. The third kappa shape index (κ3) is 1.77. The smallest absolute Gasteiger partial charge is 0.231 e. The van der Waals surface area contributed by atoms with Gasteiger partial charge in [0.05, 0.1) is 5.69 Å². The molecule has 2 N–H and O–H groups in total. The highest BCUT2D eigenvalue weighted by Gasteiger charge is 2.24. The summed E-state index contributed by atoms with van der Waals surface area (Å²) in [5, 5.41) is 0. The first-order chi connectivity index (χ1) is 5.04. The molecule has 0 spiro atoms. The van der Waals surface area contributed by atoms with Crippen LogP contribution in [0, 0.1) is 0 Å². The molecule has 0 bridgehead atoms. The van der Waals surface area contributed by atoms with Gasteiger partial charge >= 0.3 is 0 Å². The van der Waals surface area contributed by atoms with Crippen molar-refractivity contribution in [3.05, 3.63) is 17.8 Å². The van der Waals surface area contributed by atoms with Crippen molar-refractivity contribution in [2.75, 3.05) is 0 Å². The molecule has 0 radical (unpaired) electrons. The van der Waals surface area contributed by atoms with Crippen molar-refractivity contribution in [3.8, 4) is 0 Å². The Bertz CT molecular complexity index is 239. The molecule has 0 aliphatic carbocycles. The molecule has 0 amide bonds. The number of alkyl halides is 1. The van der Waals surface area contributed by atoms with Crippen LogP contribution in [0.15, 0.2) is 10.7 Å². The quantitative estimate of drug-likeness (QED) is 0.706. The third-order valence-electron chi connectivity index (χ3n) is 1.27. The highest BCUT2D eigenvalue weighted by molar-refractivity contribution is 5.00. The molecule has 0 fully saturated rings. The van der Waals surface area contributed by atoms with Crippen molar-refractivity contribution < 1.29 is 8.81 Å². The van der Waals surface area contributed by atoms with Gasteiger partial charge in [-0.15, -0.1) is 0 Å². The highest BCUT2D eigenvalue weighted by atomic mass is 19.1. The molecule has 0 aromatic carbocycles. The zero-order chi connectivity index (χ0) is 8.48. The average Bonchev–Trinajstić information content (AvgIpc) is 2.32. The molecule has 11 heavy (non-hydrogen) atoms. The second-order valence-electron chi connectivity index (χ2n) is 2.82. The van der Waals surface area contributed by atoms with E-state index in [4.69, 9.17) is 10.2 Å². The van der Waals surface area contributed by atoms with E-state index in [0.717, 1.165) is 0 Å². The second-order valence-corrected chi connectivity index (χ2v) is 2.82. The minimum absolute atomic E-state index is 0.0814. The van der Waals surface area contributed by atoms with Crippen LogP contribution in [0.5, 0.6) is 0 Å². The zero-order valence-corrected chi connectivity index (χ0v) is 6.60. The molecular weight excluding hydrogens is 147 g/mol. The third-order valence-corrected chi connectivity index (χ3v) is 1.27. The molecule has 0 atom stereocenters. The molecule has 0 aliphatic rings. The summed E-state index contributed by atoms with van der Waals surface area (Å²) in [6.45, 7) is 3.05. The van der Waals surface area contributed by atoms with E-state index >= 15 is 0 Å². The lowest BCUT2D eigenvalue weighted by Crippen LogP contribution is -2.09. The van der Waals surface area contributed by atoms with E-state index < -0.39 is 5.67 Å². The van der Waals surface area contributed by atoms with Gasteiger partial charge in [0, 0.05) is 6.54 Å². The largest absolute Gasteiger partial charge is 0.445 e. The van der Waals surface area contributed by atoms with E-state index in [1.807, 2.05) is 0 Å². The molecular formula is C7H11FN2O. The number of nitrogens with two attached hydrogens (primary N) is 1. The average molecular weight is 158 g/mol. The maximum Gasteiger partial charge on any atom is 0.231 e. The molecule has 0 saturated heterocycles. The van der Waals surface area contributed by atoms with Crippen LogP contribution in [-0.2, 0) is 12.2 Å². The molecule has 62 valence electrons. The Kier molecular flexibility index (Phi) is 1.95. The second kappa shape index (κ2) is 2.62. The number of rotatable bonds is 2. The van der Waals surface area contributed by atoms with E-state index in [9.17, 15) is 4.39 Å². The van der Waals surface area contributed by atoms with Gasteiger partial charge in [-0.1, -0.05) is 0 Å². The Morgan fingerprint density at radius 2 is 2.36 bits per heavy atom. The monoisotopic (exact) mass is 158 g/mol. The van der Waals surface area contributed by atoms with E-state index in [1.165, 1.54) is 20.1 Å². The first-order valence-electron chi connectivity index (χ1n) is 3.38. The van der Waals surface area contributed by atoms with Crippen molar-refractivity contribution >= 4 is 0 Å². The normalized spacial score (nSPS) is 12.0. The Hall–Kier alpha value is -0.900. The van der Waals surface area contributed by atoms with Crippen molar-refractivity contribution in [3.63, 3.8) is 0 Å². The summed E-state index contributed by atoms with van der Waals surface area (Å²) < 4.78 is 17.9. The minimum atomic E-state index is -1.52. The molecule has 1 heterocycles. The molecule has 0 aliphatic heterocycles. The van der Waals surface area contributed by atoms with Gasteiger partial charge in [-0.2, -0.15) is 0 Å². The number of nitrogens with zero attached hydrogens (tertiary/aromatic N) is 1. The summed E-state index contributed by atoms with van der Waals surface area (Å²) in [6.07, 6.45) is 1.37. The molecule has 1 rings (SSSR count). The van der Waals surface area contributed by atoms with E-state index in [0.29, 0.717) is 5.69 Å². The molecule has 1 aromatic heterocycles. The molecule has 4 heteroatoms. The summed E-state index contributed by atoms with van der Waals surface area (Å²) in [7, 11) is 0. The summed E-state index contributed by atoms with van der Waals surface area (Å²) >= 11 is 0. The Morgan fingerprint density at radius 1 is 1.73 bits per heavy atom. The van der Waals surface area contributed by atoms with Gasteiger partial charge < -0.3 is 10.2 Å². The van der Waals surface area contributed by atoms with Gasteiger partial charge in [0.2, 0.25) is 5.89 Å². The lowest BCUT2D eigenvalue weighted by molar-refractivity contribution is 0.170. The number of oxazole rings is 1. The van der Waals surface area contributed by atoms with Crippen molar-refractivity contribution in [1.82, 2.24) is 4.98 Å². The fourth-order valence-corrected chi connectivity index (χ4v) is 0.674. The maximum atomic E-state index is 13.1. The Balaban J connectivity index is 2.89. The van der Waals surface area contributed by atoms with Crippen LogP contribution >= 0.6 is 0 Å². The predicted molar refractivity (Wildman–Crippen MR) is 38.5 cm³/mol. The minimum Gasteiger partial charge on any atom is -0.445 e. The lowest BCUT2D eigenvalue weighted by atomic mass is 10.2. The first kappa shape index (κ1) is 8.20.